The Kier molecular flexibility index (Phi) is 2.67. The number of carbonyl (C=O) groups is 1. The molecule has 1 unspecified atom stereocenters. The number of rotatable bonds is 3. The molecule has 1 heterocycles. The quantitative estimate of drug-likeness (QED) is 0.632. The molecule has 1 amide bonds. The minimum absolute atomic E-state index is 0.241. The third kappa shape index (κ3) is 2.07. The standard InChI is InChI=1S/C8H10N4O/c9-4-6-2-1-3-12(6)5-7(10)8(11)13/h1-3,7H,5,10H2,(H2,11,13). The number of nitrogens with two attached hydrogens (primary N) is 2. The normalized spacial score (nSPS) is 12.0. The first-order valence-electron chi connectivity index (χ1n) is 3.75. The molecule has 68 valence electrons. The molecule has 0 saturated carbocycles. The molecule has 1 rings (SSSR count). The summed E-state index contributed by atoms with van der Waals surface area (Å²) < 4.78 is 1.59. The zero-order chi connectivity index (χ0) is 9.84. The van der Waals surface area contributed by atoms with Crippen LogP contribution < -0.4 is 11.5 Å². The van der Waals surface area contributed by atoms with Gasteiger partial charge in [0.15, 0.2) is 0 Å². The molecule has 1 aromatic heterocycles. The van der Waals surface area contributed by atoms with E-state index in [9.17, 15) is 4.79 Å². The van der Waals surface area contributed by atoms with E-state index < -0.39 is 11.9 Å². The zero-order valence-corrected chi connectivity index (χ0v) is 6.97. The van der Waals surface area contributed by atoms with Gasteiger partial charge in [0.05, 0.1) is 0 Å². The summed E-state index contributed by atoms with van der Waals surface area (Å²) in [5, 5.41) is 8.63. The summed E-state index contributed by atoms with van der Waals surface area (Å²) in [6.45, 7) is 0.241. The maximum absolute atomic E-state index is 10.6. The molecule has 1 atom stereocenters. The Morgan fingerprint density at radius 2 is 2.46 bits per heavy atom. The summed E-state index contributed by atoms with van der Waals surface area (Å²) >= 11 is 0. The summed E-state index contributed by atoms with van der Waals surface area (Å²) in [5.41, 5.74) is 10.9. The van der Waals surface area contributed by atoms with Crippen LogP contribution >= 0.6 is 0 Å². The Morgan fingerprint density at radius 1 is 1.77 bits per heavy atom. The molecule has 0 aliphatic carbocycles. The molecule has 0 aromatic carbocycles. The fraction of sp³-hybridized carbons (Fsp3) is 0.250. The second-order valence-electron chi connectivity index (χ2n) is 2.67. The molecule has 4 N–H and O–H groups in total. The summed E-state index contributed by atoms with van der Waals surface area (Å²) in [7, 11) is 0. The van der Waals surface area contributed by atoms with Gasteiger partial charge < -0.3 is 16.0 Å². The van der Waals surface area contributed by atoms with Gasteiger partial charge in [-0.3, -0.25) is 4.79 Å². The number of carbonyl (C=O) groups excluding carboxylic acids is 1. The molecule has 0 spiro atoms. The molecule has 0 aliphatic rings. The first-order chi connectivity index (χ1) is 6.15. The second-order valence-corrected chi connectivity index (χ2v) is 2.67. The minimum atomic E-state index is -0.750. The van der Waals surface area contributed by atoms with Crippen LogP contribution in [0.15, 0.2) is 18.3 Å². The van der Waals surface area contributed by atoms with Crippen LogP contribution in [-0.4, -0.2) is 16.5 Å². The predicted octanol–water partition coefficient (Wildman–Crippen LogP) is -0.828. The lowest BCUT2D eigenvalue weighted by Gasteiger charge is -2.08. The number of hydrogen-bond acceptors (Lipinski definition) is 3. The van der Waals surface area contributed by atoms with Crippen molar-refractivity contribution >= 4 is 5.91 Å². The molecule has 5 heteroatoms. The highest BCUT2D eigenvalue weighted by molar-refractivity contribution is 5.79. The predicted molar refractivity (Wildman–Crippen MR) is 46.3 cm³/mol. The highest BCUT2D eigenvalue weighted by Crippen LogP contribution is 2.00. The first kappa shape index (κ1) is 9.29. The van der Waals surface area contributed by atoms with E-state index in [2.05, 4.69) is 0 Å². The van der Waals surface area contributed by atoms with Crippen molar-refractivity contribution < 1.29 is 4.79 Å². The lowest BCUT2D eigenvalue weighted by molar-refractivity contribution is -0.119. The third-order valence-corrected chi connectivity index (χ3v) is 1.70. The molecule has 5 nitrogen and oxygen atoms in total. The molecular formula is C8H10N4O. The maximum atomic E-state index is 10.6. The fourth-order valence-corrected chi connectivity index (χ4v) is 0.977. The lowest BCUT2D eigenvalue weighted by atomic mass is 10.3. The number of nitriles is 1. The smallest absolute Gasteiger partial charge is 0.236 e. The topological polar surface area (TPSA) is 97.8 Å². The molecule has 0 fully saturated rings. The molecule has 0 bridgehead atoms. The maximum Gasteiger partial charge on any atom is 0.236 e. The monoisotopic (exact) mass is 178 g/mol. The number of amides is 1. The van der Waals surface area contributed by atoms with Crippen molar-refractivity contribution in [3.05, 3.63) is 24.0 Å². The third-order valence-electron chi connectivity index (χ3n) is 1.70. The summed E-state index contributed by atoms with van der Waals surface area (Å²) in [5.74, 6) is -0.572. The van der Waals surface area contributed by atoms with Gasteiger partial charge in [-0.15, -0.1) is 0 Å². The van der Waals surface area contributed by atoms with E-state index in [1.54, 1.807) is 22.9 Å². The summed E-state index contributed by atoms with van der Waals surface area (Å²) in [6, 6.07) is 4.59. The Hall–Kier alpha value is -1.80. The van der Waals surface area contributed by atoms with E-state index >= 15 is 0 Å². The van der Waals surface area contributed by atoms with Gasteiger partial charge in [-0.1, -0.05) is 0 Å². The van der Waals surface area contributed by atoms with Crippen LogP contribution in [-0.2, 0) is 11.3 Å². The van der Waals surface area contributed by atoms with Gasteiger partial charge in [-0.05, 0) is 12.1 Å². The van der Waals surface area contributed by atoms with Gasteiger partial charge in [-0.2, -0.15) is 5.26 Å². The van der Waals surface area contributed by atoms with Gasteiger partial charge in [0.1, 0.15) is 17.8 Å². The average Bonchev–Trinajstić information content (AvgIpc) is 2.51. The summed E-state index contributed by atoms with van der Waals surface area (Å²) in [4.78, 5) is 10.6. The van der Waals surface area contributed by atoms with Crippen LogP contribution in [0.5, 0.6) is 0 Å². The molecule has 0 aliphatic heterocycles. The zero-order valence-electron chi connectivity index (χ0n) is 6.97. The number of aromatic nitrogens is 1. The molecule has 0 saturated heterocycles. The van der Waals surface area contributed by atoms with Gasteiger partial charge in [0.25, 0.3) is 0 Å². The lowest BCUT2D eigenvalue weighted by Crippen LogP contribution is -2.39. The SMILES string of the molecule is N#Cc1cccn1CC(N)C(N)=O. The van der Waals surface area contributed by atoms with Crippen molar-refractivity contribution in [1.29, 1.82) is 5.26 Å². The van der Waals surface area contributed by atoms with E-state index in [1.165, 1.54) is 0 Å². The van der Waals surface area contributed by atoms with Crippen molar-refractivity contribution in [3.63, 3.8) is 0 Å². The average molecular weight is 178 g/mol. The van der Waals surface area contributed by atoms with Gasteiger partial charge in [0.2, 0.25) is 5.91 Å². The highest BCUT2D eigenvalue weighted by atomic mass is 16.1. The van der Waals surface area contributed by atoms with E-state index in [0.29, 0.717) is 5.69 Å². The van der Waals surface area contributed by atoms with Crippen LogP contribution in [0.1, 0.15) is 5.69 Å². The molecular weight excluding hydrogens is 168 g/mol. The Labute approximate surface area is 75.5 Å². The summed E-state index contributed by atoms with van der Waals surface area (Å²) in [6.07, 6.45) is 1.68. The Morgan fingerprint density at radius 3 is 3.00 bits per heavy atom. The van der Waals surface area contributed by atoms with Crippen molar-refractivity contribution in [3.8, 4) is 6.07 Å². The van der Waals surface area contributed by atoms with E-state index in [0.717, 1.165) is 0 Å². The van der Waals surface area contributed by atoms with Crippen LogP contribution in [0.25, 0.3) is 0 Å². The van der Waals surface area contributed by atoms with Crippen molar-refractivity contribution in [1.82, 2.24) is 4.57 Å². The Balaban J connectivity index is 2.75. The number of nitrogens with zero attached hydrogens (tertiary/aromatic N) is 2. The minimum Gasteiger partial charge on any atom is -0.368 e. The van der Waals surface area contributed by atoms with Crippen LogP contribution in [0.2, 0.25) is 0 Å². The van der Waals surface area contributed by atoms with Gasteiger partial charge in [-0.25, -0.2) is 0 Å². The molecule has 0 radical (unpaired) electrons. The van der Waals surface area contributed by atoms with Crippen molar-refractivity contribution in [2.45, 2.75) is 12.6 Å². The molecule has 13 heavy (non-hydrogen) atoms. The largest absolute Gasteiger partial charge is 0.368 e. The highest BCUT2D eigenvalue weighted by Gasteiger charge is 2.10. The van der Waals surface area contributed by atoms with Crippen molar-refractivity contribution in [2.24, 2.45) is 11.5 Å². The van der Waals surface area contributed by atoms with Crippen LogP contribution in [0.3, 0.4) is 0 Å². The van der Waals surface area contributed by atoms with Crippen molar-refractivity contribution in [2.75, 3.05) is 0 Å². The number of primary amides is 1. The van der Waals surface area contributed by atoms with E-state index in [4.69, 9.17) is 16.7 Å². The van der Waals surface area contributed by atoms with E-state index in [1.807, 2.05) is 6.07 Å². The first-order valence-corrected chi connectivity index (χ1v) is 3.75. The Bertz CT molecular complexity index is 349. The van der Waals surface area contributed by atoms with E-state index in [-0.39, 0.29) is 6.54 Å². The fourth-order valence-electron chi connectivity index (χ4n) is 0.977. The van der Waals surface area contributed by atoms with Crippen LogP contribution in [0.4, 0.5) is 0 Å². The van der Waals surface area contributed by atoms with Gasteiger partial charge in [0, 0.05) is 12.7 Å². The number of hydrogen-bond donors (Lipinski definition) is 2. The molecule has 1 aromatic rings. The van der Waals surface area contributed by atoms with Crippen LogP contribution in [0, 0.1) is 11.3 Å². The van der Waals surface area contributed by atoms with Gasteiger partial charge >= 0.3 is 0 Å². The second kappa shape index (κ2) is 3.74.